The van der Waals surface area contributed by atoms with Crippen molar-refractivity contribution in [1.29, 1.82) is 5.26 Å². The molecule has 0 aliphatic carbocycles. The first-order chi connectivity index (χ1) is 23.4. The van der Waals surface area contributed by atoms with Crippen LogP contribution < -0.4 is 14.0 Å². The quantitative estimate of drug-likeness (QED) is 0.191. The van der Waals surface area contributed by atoms with Crippen LogP contribution in [0.15, 0.2) is 46.7 Å². The highest BCUT2D eigenvalue weighted by Crippen LogP contribution is 2.42. The van der Waals surface area contributed by atoms with Crippen molar-refractivity contribution >= 4 is 39.0 Å². The van der Waals surface area contributed by atoms with Crippen molar-refractivity contribution in [3.8, 4) is 17.6 Å². The van der Waals surface area contributed by atoms with Crippen molar-refractivity contribution in [2.75, 3.05) is 111 Å². The van der Waals surface area contributed by atoms with E-state index in [-0.39, 0.29) is 15.5 Å². The van der Waals surface area contributed by atoms with Gasteiger partial charge in [0.2, 0.25) is 0 Å². The Kier molecular flexibility index (Phi) is 9.57. The fourth-order valence-electron chi connectivity index (χ4n) is 8.08. The molecule has 0 amide bonds. The van der Waals surface area contributed by atoms with Crippen LogP contribution in [0.4, 0.5) is 4.39 Å². The van der Waals surface area contributed by atoms with Crippen LogP contribution in [-0.2, 0) is 14.6 Å². The lowest BCUT2D eigenvalue weighted by Crippen LogP contribution is -2.75. The number of thiophene rings is 1. The third-order valence-electron chi connectivity index (χ3n) is 11.4. The van der Waals surface area contributed by atoms with Crippen molar-refractivity contribution in [2.24, 2.45) is 0 Å². The summed E-state index contributed by atoms with van der Waals surface area (Å²) in [5, 5.41) is 9.54. The zero-order chi connectivity index (χ0) is 34.3. The number of nitrogens with one attached hydrogen (secondary N) is 1. The van der Waals surface area contributed by atoms with E-state index in [0.29, 0.717) is 17.7 Å². The molecule has 6 saturated heterocycles. The van der Waals surface area contributed by atoms with E-state index in [0.717, 1.165) is 45.3 Å². The molecule has 49 heavy (non-hydrogen) atoms. The highest BCUT2D eigenvalue weighted by molar-refractivity contribution is 7.92. The van der Waals surface area contributed by atoms with E-state index < -0.39 is 29.7 Å². The molecule has 6 aliphatic rings. The maximum absolute atomic E-state index is 13.9. The first kappa shape index (κ1) is 34.8. The average molecular weight is 736 g/mol. The molecule has 6 fully saturated rings. The molecular formula is C33H45FN6O6PS2+3. The second-order valence-electron chi connectivity index (χ2n) is 14.3. The number of hydrogen-bond acceptors (Lipinski definition) is 8. The molecule has 2 N–H and O–H groups in total. The van der Waals surface area contributed by atoms with Crippen LogP contribution in [0.2, 0.25) is 0 Å². The molecule has 6 aliphatic heterocycles. The normalized spacial score (nSPS) is 29.0. The van der Waals surface area contributed by atoms with E-state index in [1.54, 1.807) is 6.07 Å². The summed E-state index contributed by atoms with van der Waals surface area (Å²) in [6, 6.07) is 11.7. The number of rotatable bonds is 14. The molecule has 12 nitrogen and oxygen atoms in total. The Labute approximate surface area is 291 Å². The predicted molar refractivity (Wildman–Crippen MR) is 184 cm³/mol. The summed E-state index contributed by atoms with van der Waals surface area (Å²) in [6.07, 6.45) is 0.421. The molecule has 0 saturated carbocycles. The summed E-state index contributed by atoms with van der Waals surface area (Å²) >= 11 is 1.04. The van der Waals surface area contributed by atoms with Gasteiger partial charge in [-0.25, -0.2) is 17.4 Å². The van der Waals surface area contributed by atoms with Gasteiger partial charge in [-0.2, -0.15) is 9.98 Å². The summed E-state index contributed by atoms with van der Waals surface area (Å²) in [5.74, 6) is -0.534. The topological polar surface area (TPSA) is 129 Å². The molecule has 264 valence electrons. The molecule has 3 aromatic rings. The Morgan fingerprint density at radius 1 is 0.898 bits per heavy atom. The molecule has 1 unspecified atom stereocenters. The van der Waals surface area contributed by atoms with Gasteiger partial charge in [0.1, 0.15) is 86.3 Å². The zero-order valence-corrected chi connectivity index (χ0v) is 30.2. The Morgan fingerprint density at radius 2 is 1.51 bits per heavy atom. The van der Waals surface area contributed by atoms with Crippen molar-refractivity contribution < 1.29 is 45.0 Å². The molecule has 0 spiro atoms. The standard InChI is InChI=1S/C33H44FN6O6PS2/c34-31-24-30(3-2-27(31)25-35)46-47(41,42)26-36-49(43,44)33-23-28-22-29(4-5-32(28)48-33)45-21-20-40-17-14-39(15-18-40,16-19-40)10-1-9-38-11-6-37(7-12-38)8-13-38/h2-5,22-24,36H,1,6-21,26H2/q+2/p+1. The first-order valence-corrected chi connectivity index (χ1v) is 21.1. The van der Waals surface area contributed by atoms with Crippen molar-refractivity contribution in [3.63, 3.8) is 0 Å². The lowest BCUT2D eigenvalue weighted by Gasteiger charge is -2.56. The van der Waals surface area contributed by atoms with Gasteiger partial charge < -0.3 is 27.6 Å². The van der Waals surface area contributed by atoms with Crippen LogP contribution in [-0.4, -0.2) is 143 Å². The first-order valence-electron chi connectivity index (χ1n) is 17.0. The van der Waals surface area contributed by atoms with E-state index in [1.807, 2.05) is 18.2 Å². The summed E-state index contributed by atoms with van der Waals surface area (Å²) < 4.78 is 70.2. The minimum atomic E-state index is -4.52. The fraction of sp³-hybridized carbons (Fsp3) is 0.545. The number of nitrogens with zero attached hydrogens (tertiary/aromatic N) is 5. The van der Waals surface area contributed by atoms with Crippen LogP contribution in [0.25, 0.3) is 10.1 Å². The van der Waals surface area contributed by atoms with Crippen molar-refractivity contribution in [1.82, 2.24) is 9.62 Å². The highest BCUT2D eigenvalue weighted by Gasteiger charge is 2.49. The number of nitriles is 1. The van der Waals surface area contributed by atoms with E-state index in [4.69, 9.17) is 14.5 Å². The molecule has 7 heterocycles. The lowest BCUT2D eigenvalue weighted by molar-refractivity contribution is -1.08. The van der Waals surface area contributed by atoms with E-state index in [2.05, 4.69) is 9.62 Å². The van der Waals surface area contributed by atoms with Gasteiger partial charge in [0.05, 0.1) is 38.3 Å². The number of hydrogen-bond donors (Lipinski definition) is 2. The molecular weight excluding hydrogens is 691 g/mol. The van der Waals surface area contributed by atoms with Gasteiger partial charge in [-0.3, -0.25) is 4.90 Å². The van der Waals surface area contributed by atoms with E-state index in [1.165, 1.54) is 113 Å². The van der Waals surface area contributed by atoms with Crippen LogP contribution in [0, 0.1) is 17.1 Å². The smallest absolute Gasteiger partial charge is 0.391 e. The van der Waals surface area contributed by atoms with Gasteiger partial charge in [0, 0.05) is 36.8 Å². The van der Waals surface area contributed by atoms with Crippen molar-refractivity contribution in [2.45, 2.75) is 10.6 Å². The number of sulfonamides is 1. The number of halogens is 1. The maximum atomic E-state index is 13.9. The summed E-state index contributed by atoms with van der Waals surface area (Å²) in [6.45, 7) is 19.5. The van der Waals surface area contributed by atoms with Crippen LogP contribution in [0.5, 0.6) is 11.5 Å². The molecule has 2 aromatic carbocycles. The number of piperazine rings is 6. The van der Waals surface area contributed by atoms with Gasteiger partial charge >= 0.3 is 7.60 Å². The monoisotopic (exact) mass is 735 g/mol. The lowest BCUT2D eigenvalue weighted by atomic mass is 10.1. The minimum Gasteiger partial charge on any atom is -0.488 e. The highest BCUT2D eigenvalue weighted by atomic mass is 32.2. The maximum Gasteiger partial charge on any atom is 0.391 e. The summed E-state index contributed by atoms with van der Waals surface area (Å²) in [7, 11) is -8.67. The van der Waals surface area contributed by atoms with E-state index in [9.17, 15) is 22.3 Å². The van der Waals surface area contributed by atoms with Crippen molar-refractivity contribution in [3.05, 3.63) is 53.8 Å². The molecule has 16 heteroatoms. The van der Waals surface area contributed by atoms with Gasteiger partial charge in [0.25, 0.3) is 10.0 Å². The van der Waals surface area contributed by atoms with E-state index >= 15 is 0 Å². The third-order valence-corrected chi connectivity index (χ3v) is 15.7. The Hall–Kier alpha value is -2.64. The Balaban J connectivity index is 0.882. The Morgan fingerprint density at radius 3 is 2.14 bits per heavy atom. The zero-order valence-electron chi connectivity index (χ0n) is 27.6. The number of ether oxygens (including phenoxy) is 1. The number of fused-ring (bicyclic) bond motifs is 7. The number of benzene rings is 2. The third kappa shape index (κ3) is 7.68. The molecule has 0 radical (unpaired) electrons. The summed E-state index contributed by atoms with van der Waals surface area (Å²) in [4.78, 5) is 12.8. The second-order valence-corrected chi connectivity index (χ2v) is 19.2. The van der Waals surface area contributed by atoms with Gasteiger partial charge in [-0.05, 0) is 41.8 Å². The SMILES string of the molecule is N#Cc1ccc(OP(=O)(O)CNS(=O)(=O)c2cc3cc(OCC[N+]45CC[N+](CCC[N+]67CCN(CC6)CC7)(CC4)CC5)ccc3s2)cc1F. The minimum absolute atomic E-state index is 0.0200. The average Bonchev–Trinajstić information content (AvgIpc) is 3.54. The molecule has 1 atom stereocenters. The molecule has 1 aromatic heterocycles. The second kappa shape index (κ2) is 13.5. The Bertz CT molecular complexity index is 1870. The largest absolute Gasteiger partial charge is 0.488 e. The predicted octanol–water partition coefficient (Wildman–Crippen LogP) is 2.99. The van der Waals surface area contributed by atoms with Gasteiger partial charge in [-0.1, -0.05) is 0 Å². The molecule has 9 rings (SSSR count). The van der Waals surface area contributed by atoms with Gasteiger partial charge in [-0.15, -0.1) is 11.3 Å². The fourth-order valence-corrected chi connectivity index (χ4v) is 12.0. The molecule has 4 bridgehead atoms. The summed E-state index contributed by atoms with van der Waals surface area (Å²) in [5.41, 5.74) is -0.249. The van der Waals surface area contributed by atoms with Crippen LogP contribution in [0.1, 0.15) is 12.0 Å². The number of quaternary nitrogens is 3. The van der Waals surface area contributed by atoms with Crippen LogP contribution in [0.3, 0.4) is 0 Å². The van der Waals surface area contributed by atoms with Gasteiger partial charge in [0.15, 0.2) is 0 Å². The van der Waals surface area contributed by atoms with Crippen LogP contribution >= 0.6 is 18.9 Å².